The molecule has 1 aliphatic heterocycles. The number of pyridine rings is 1. The van der Waals surface area contributed by atoms with Crippen LogP contribution in [0.3, 0.4) is 0 Å². The van der Waals surface area contributed by atoms with Crippen LogP contribution in [0.1, 0.15) is 12.0 Å². The van der Waals surface area contributed by atoms with Crippen LogP contribution in [0.4, 0.5) is 5.82 Å². The van der Waals surface area contributed by atoms with Crippen LogP contribution in [-0.2, 0) is 6.54 Å². The summed E-state index contributed by atoms with van der Waals surface area (Å²) in [6.07, 6.45) is 3.36. The fourth-order valence-electron chi connectivity index (χ4n) is 4.46. The molecule has 1 saturated heterocycles. The Labute approximate surface area is 188 Å². The van der Waals surface area contributed by atoms with Crippen LogP contribution in [0.15, 0.2) is 60.8 Å². The standard InChI is InChI=1S/C24H25ClN4.ClH/c1-27(2)19-10-12-29(16-19)24-21-11-13-28(15-17-6-5-7-18(25)14-17)23(21)20-8-3-4-9-22(20)26-24;/h3-9,11,13-14,19H,10,12,15-16H2,1-2H3;1H. The summed E-state index contributed by atoms with van der Waals surface area (Å²) in [4.78, 5) is 9.86. The number of para-hydroxylation sites is 1. The molecule has 1 unspecified atom stereocenters. The molecule has 1 aliphatic rings. The minimum Gasteiger partial charge on any atom is -0.354 e. The molecule has 1 fully saturated rings. The summed E-state index contributed by atoms with van der Waals surface area (Å²) in [5.74, 6) is 1.10. The van der Waals surface area contributed by atoms with Crippen LogP contribution in [0, 0.1) is 0 Å². The summed E-state index contributed by atoms with van der Waals surface area (Å²) in [5, 5.41) is 3.20. The van der Waals surface area contributed by atoms with Crippen molar-refractivity contribution in [1.82, 2.24) is 14.5 Å². The Morgan fingerprint density at radius 3 is 2.67 bits per heavy atom. The molecule has 0 bridgehead atoms. The van der Waals surface area contributed by atoms with E-state index in [9.17, 15) is 0 Å². The normalized spacial score (nSPS) is 16.5. The fourth-order valence-corrected chi connectivity index (χ4v) is 4.67. The molecule has 0 aliphatic carbocycles. The van der Waals surface area contributed by atoms with E-state index < -0.39 is 0 Å². The molecular weight excluding hydrogens is 415 g/mol. The van der Waals surface area contributed by atoms with Crippen LogP contribution < -0.4 is 4.90 Å². The van der Waals surface area contributed by atoms with Crippen molar-refractivity contribution in [2.75, 3.05) is 32.1 Å². The Hall–Kier alpha value is -2.27. The van der Waals surface area contributed by atoms with E-state index >= 15 is 0 Å². The van der Waals surface area contributed by atoms with Crippen molar-refractivity contribution in [3.8, 4) is 0 Å². The Bertz CT molecular complexity index is 1180. The van der Waals surface area contributed by atoms with Gasteiger partial charge in [0.2, 0.25) is 0 Å². The van der Waals surface area contributed by atoms with Crippen molar-refractivity contribution < 1.29 is 0 Å². The van der Waals surface area contributed by atoms with Crippen molar-refractivity contribution in [3.63, 3.8) is 0 Å². The molecule has 0 saturated carbocycles. The second-order valence-corrected chi connectivity index (χ2v) is 8.58. The van der Waals surface area contributed by atoms with Gasteiger partial charge in [0, 0.05) is 47.7 Å². The van der Waals surface area contributed by atoms with Crippen molar-refractivity contribution in [3.05, 3.63) is 71.4 Å². The van der Waals surface area contributed by atoms with Gasteiger partial charge in [-0.3, -0.25) is 0 Å². The quantitative estimate of drug-likeness (QED) is 0.421. The van der Waals surface area contributed by atoms with Crippen LogP contribution >= 0.6 is 24.0 Å². The molecule has 0 N–H and O–H groups in total. The van der Waals surface area contributed by atoms with Crippen molar-refractivity contribution in [2.45, 2.75) is 19.0 Å². The number of hydrogen-bond donors (Lipinski definition) is 0. The van der Waals surface area contributed by atoms with Crippen LogP contribution in [0.5, 0.6) is 0 Å². The lowest BCUT2D eigenvalue weighted by Gasteiger charge is -2.22. The summed E-state index contributed by atoms with van der Waals surface area (Å²) in [5.41, 5.74) is 3.50. The molecule has 6 heteroatoms. The maximum atomic E-state index is 6.22. The van der Waals surface area contributed by atoms with Gasteiger partial charge in [0.05, 0.1) is 11.0 Å². The Morgan fingerprint density at radius 1 is 1.07 bits per heavy atom. The lowest BCUT2D eigenvalue weighted by molar-refractivity contribution is 0.315. The number of halogens is 2. The van der Waals surface area contributed by atoms with Gasteiger partial charge < -0.3 is 14.4 Å². The molecule has 5 rings (SSSR count). The van der Waals surface area contributed by atoms with Gasteiger partial charge in [-0.25, -0.2) is 4.98 Å². The zero-order valence-corrected chi connectivity index (χ0v) is 18.8. The van der Waals surface area contributed by atoms with Gasteiger partial charge >= 0.3 is 0 Å². The van der Waals surface area contributed by atoms with Crippen molar-refractivity contribution in [1.29, 1.82) is 0 Å². The van der Waals surface area contributed by atoms with E-state index in [-0.39, 0.29) is 12.4 Å². The number of likely N-dealkylation sites (N-methyl/N-ethyl adjacent to an activating group) is 1. The first-order valence-electron chi connectivity index (χ1n) is 10.1. The zero-order chi connectivity index (χ0) is 20.0. The summed E-state index contributed by atoms with van der Waals surface area (Å²) >= 11 is 6.22. The molecule has 4 nitrogen and oxygen atoms in total. The molecular formula is C24H26Cl2N4. The highest BCUT2D eigenvalue weighted by atomic mass is 35.5. The minimum atomic E-state index is 0. The maximum absolute atomic E-state index is 6.22. The van der Waals surface area contributed by atoms with Crippen LogP contribution in [0.2, 0.25) is 5.02 Å². The van der Waals surface area contributed by atoms with Gasteiger partial charge in [-0.05, 0) is 50.3 Å². The number of anilines is 1. The highest BCUT2D eigenvalue weighted by molar-refractivity contribution is 6.30. The third-order valence-electron chi connectivity index (χ3n) is 6.03. The summed E-state index contributed by atoms with van der Waals surface area (Å²) in [7, 11) is 4.33. The SMILES string of the molecule is CN(C)C1CCN(c2nc3ccccc3c3c2ccn3Cc2cccc(Cl)c2)C1.Cl. The summed E-state index contributed by atoms with van der Waals surface area (Å²) in [6.45, 7) is 2.85. The van der Waals surface area contributed by atoms with Gasteiger partial charge in [0.25, 0.3) is 0 Å². The average molecular weight is 441 g/mol. The second kappa shape index (κ2) is 8.46. The maximum Gasteiger partial charge on any atom is 0.138 e. The second-order valence-electron chi connectivity index (χ2n) is 8.14. The number of rotatable bonds is 4. The molecule has 0 radical (unpaired) electrons. The first kappa shape index (κ1) is 21.0. The topological polar surface area (TPSA) is 24.3 Å². The third kappa shape index (κ3) is 3.76. The molecule has 2 aromatic carbocycles. The number of hydrogen-bond acceptors (Lipinski definition) is 3. The molecule has 156 valence electrons. The van der Waals surface area contributed by atoms with Crippen molar-refractivity contribution in [2.24, 2.45) is 0 Å². The fraction of sp³-hybridized carbons (Fsp3) is 0.292. The highest BCUT2D eigenvalue weighted by Gasteiger charge is 2.27. The van der Waals surface area contributed by atoms with Gasteiger partial charge in [0.15, 0.2) is 0 Å². The molecule has 2 aromatic heterocycles. The summed E-state index contributed by atoms with van der Waals surface area (Å²) in [6, 6.07) is 19.4. The molecule has 30 heavy (non-hydrogen) atoms. The number of aromatic nitrogens is 2. The van der Waals surface area contributed by atoms with E-state index in [1.165, 1.54) is 28.3 Å². The van der Waals surface area contributed by atoms with E-state index in [0.29, 0.717) is 6.04 Å². The van der Waals surface area contributed by atoms with E-state index in [0.717, 1.165) is 36.0 Å². The van der Waals surface area contributed by atoms with Gasteiger partial charge in [-0.1, -0.05) is 41.9 Å². The number of fused-ring (bicyclic) bond motifs is 3. The van der Waals surface area contributed by atoms with Gasteiger partial charge in [0.1, 0.15) is 5.82 Å². The molecule has 3 heterocycles. The van der Waals surface area contributed by atoms with Crippen molar-refractivity contribution >= 4 is 51.6 Å². The van der Waals surface area contributed by atoms with E-state index in [1.54, 1.807) is 0 Å². The lowest BCUT2D eigenvalue weighted by atomic mass is 10.1. The number of nitrogens with zero attached hydrogens (tertiary/aromatic N) is 4. The summed E-state index contributed by atoms with van der Waals surface area (Å²) < 4.78 is 2.33. The lowest BCUT2D eigenvalue weighted by Crippen LogP contribution is -2.31. The zero-order valence-electron chi connectivity index (χ0n) is 17.3. The van der Waals surface area contributed by atoms with Gasteiger partial charge in [-0.15, -0.1) is 12.4 Å². The average Bonchev–Trinajstić information content (AvgIpc) is 3.36. The van der Waals surface area contributed by atoms with E-state index in [4.69, 9.17) is 16.6 Å². The van der Waals surface area contributed by atoms with E-state index in [2.05, 4.69) is 71.1 Å². The monoisotopic (exact) mass is 440 g/mol. The number of benzene rings is 2. The largest absolute Gasteiger partial charge is 0.354 e. The predicted octanol–water partition coefficient (Wildman–Crippen LogP) is 5.45. The smallest absolute Gasteiger partial charge is 0.138 e. The Balaban J connectivity index is 0.00000218. The Morgan fingerprint density at radius 2 is 1.90 bits per heavy atom. The highest BCUT2D eigenvalue weighted by Crippen LogP contribution is 2.34. The molecule has 4 aromatic rings. The Kier molecular flexibility index (Phi) is 5.92. The minimum absolute atomic E-state index is 0. The van der Waals surface area contributed by atoms with E-state index in [1.807, 2.05) is 18.2 Å². The van der Waals surface area contributed by atoms with Crippen LogP contribution in [0.25, 0.3) is 21.8 Å². The molecule has 0 amide bonds. The van der Waals surface area contributed by atoms with Crippen LogP contribution in [-0.4, -0.2) is 47.7 Å². The third-order valence-corrected chi connectivity index (χ3v) is 6.26. The first-order valence-corrected chi connectivity index (χ1v) is 10.5. The first-order chi connectivity index (χ1) is 14.1. The molecule has 1 atom stereocenters. The molecule has 0 spiro atoms. The predicted molar refractivity (Wildman–Crippen MR) is 129 cm³/mol. The van der Waals surface area contributed by atoms with Gasteiger partial charge in [-0.2, -0.15) is 0 Å².